The van der Waals surface area contributed by atoms with Crippen molar-refractivity contribution in [2.75, 3.05) is 31.6 Å². The number of rotatable bonds is 7. The zero-order chi connectivity index (χ0) is 25.0. The van der Waals surface area contributed by atoms with Gasteiger partial charge in [-0.15, -0.1) is 0 Å². The Morgan fingerprint density at radius 2 is 1.74 bits per heavy atom. The summed E-state index contributed by atoms with van der Waals surface area (Å²) in [5.41, 5.74) is -0.218. The molecule has 2 aromatic carbocycles. The maximum Gasteiger partial charge on any atom is 0.416 e. The van der Waals surface area contributed by atoms with E-state index in [0.29, 0.717) is 31.6 Å². The minimum absolute atomic E-state index is 0.0865. The SMILES string of the molecule is CC(C)N(C1CCN(CC(=O)N(C)c2ccc(F)cc2)CC1)S(=O)c1cccc(C(F)(F)F)c1. The van der Waals surface area contributed by atoms with E-state index in [9.17, 15) is 26.6 Å². The van der Waals surface area contributed by atoms with Gasteiger partial charge in [-0.25, -0.2) is 12.9 Å². The molecule has 0 N–H and O–H groups in total. The molecule has 0 radical (unpaired) electrons. The first-order valence-corrected chi connectivity index (χ1v) is 12.2. The van der Waals surface area contributed by atoms with Crippen LogP contribution >= 0.6 is 0 Å². The number of alkyl halides is 3. The van der Waals surface area contributed by atoms with Gasteiger partial charge in [0, 0.05) is 37.9 Å². The molecule has 1 aliphatic heterocycles. The molecule has 0 saturated carbocycles. The molecule has 0 bridgehead atoms. The van der Waals surface area contributed by atoms with Gasteiger partial charge in [-0.1, -0.05) is 6.07 Å². The molecular weight excluding hydrogens is 470 g/mol. The van der Waals surface area contributed by atoms with Crippen LogP contribution in [-0.4, -0.2) is 58.1 Å². The van der Waals surface area contributed by atoms with Gasteiger partial charge in [-0.3, -0.25) is 9.69 Å². The van der Waals surface area contributed by atoms with Crippen molar-refractivity contribution in [2.45, 2.75) is 49.8 Å². The second-order valence-corrected chi connectivity index (χ2v) is 10.1. The highest BCUT2D eigenvalue weighted by molar-refractivity contribution is 7.82. The van der Waals surface area contributed by atoms with Gasteiger partial charge in [0.15, 0.2) is 0 Å². The number of carbonyl (C=O) groups excluding carboxylic acids is 1. The van der Waals surface area contributed by atoms with Crippen LogP contribution in [0.2, 0.25) is 0 Å². The number of hydrogen-bond donors (Lipinski definition) is 0. The lowest BCUT2D eigenvalue weighted by Crippen LogP contribution is -2.50. The highest BCUT2D eigenvalue weighted by atomic mass is 32.2. The lowest BCUT2D eigenvalue weighted by atomic mass is 10.0. The number of halogens is 4. The van der Waals surface area contributed by atoms with E-state index in [-0.39, 0.29) is 35.2 Å². The third kappa shape index (κ3) is 6.43. The molecule has 0 aromatic heterocycles. The average Bonchev–Trinajstić information content (AvgIpc) is 2.79. The number of nitrogens with zero attached hydrogens (tertiary/aromatic N) is 3. The van der Waals surface area contributed by atoms with E-state index >= 15 is 0 Å². The van der Waals surface area contributed by atoms with Crippen molar-refractivity contribution < 1.29 is 26.6 Å². The molecule has 10 heteroatoms. The molecule has 1 amide bonds. The molecule has 1 heterocycles. The van der Waals surface area contributed by atoms with Gasteiger partial charge in [0.1, 0.15) is 16.8 Å². The Kier molecular flexibility index (Phi) is 8.48. The lowest BCUT2D eigenvalue weighted by Gasteiger charge is -2.39. The number of benzene rings is 2. The topological polar surface area (TPSA) is 43.9 Å². The summed E-state index contributed by atoms with van der Waals surface area (Å²) in [7, 11) is -0.101. The second kappa shape index (κ2) is 11.0. The van der Waals surface area contributed by atoms with Crippen molar-refractivity contribution in [1.82, 2.24) is 9.21 Å². The maximum atomic E-state index is 13.3. The Morgan fingerprint density at radius 1 is 1.12 bits per heavy atom. The fourth-order valence-corrected chi connectivity index (χ4v) is 5.62. The third-order valence-corrected chi connectivity index (χ3v) is 7.69. The monoisotopic (exact) mass is 499 g/mol. The van der Waals surface area contributed by atoms with Crippen LogP contribution in [0.3, 0.4) is 0 Å². The van der Waals surface area contributed by atoms with E-state index < -0.39 is 22.7 Å². The molecule has 1 aliphatic rings. The molecule has 3 rings (SSSR count). The normalized spacial score (nSPS) is 16.7. The summed E-state index contributed by atoms with van der Waals surface area (Å²) >= 11 is 0. The minimum Gasteiger partial charge on any atom is -0.314 e. The number of likely N-dealkylation sites (tertiary alicyclic amines) is 1. The van der Waals surface area contributed by atoms with Crippen LogP contribution in [0.4, 0.5) is 23.2 Å². The van der Waals surface area contributed by atoms with Crippen LogP contribution < -0.4 is 4.90 Å². The van der Waals surface area contributed by atoms with E-state index in [1.165, 1.54) is 29.2 Å². The summed E-state index contributed by atoms with van der Waals surface area (Å²) in [4.78, 5) is 16.3. The summed E-state index contributed by atoms with van der Waals surface area (Å²) in [6, 6.07) is 10.1. The van der Waals surface area contributed by atoms with E-state index in [2.05, 4.69) is 0 Å². The zero-order valence-electron chi connectivity index (χ0n) is 19.4. The Balaban J connectivity index is 1.62. The van der Waals surface area contributed by atoms with Gasteiger partial charge in [-0.05, 0) is 69.2 Å². The number of piperidine rings is 1. The largest absolute Gasteiger partial charge is 0.416 e. The maximum absolute atomic E-state index is 13.3. The fourth-order valence-electron chi connectivity index (χ4n) is 4.09. The molecule has 0 spiro atoms. The van der Waals surface area contributed by atoms with Crippen LogP contribution in [0.1, 0.15) is 32.3 Å². The second-order valence-electron chi connectivity index (χ2n) is 8.66. The van der Waals surface area contributed by atoms with E-state index in [4.69, 9.17) is 0 Å². The molecule has 1 unspecified atom stereocenters. The summed E-state index contributed by atoms with van der Waals surface area (Å²) < 4.78 is 67.5. The smallest absolute Gasteiger partial charge is 0.314 e. The molecule has 34 heavy (non-hydrogen) atoms. The number of hydrogen-bond acceptors (Lipinski definition) is 3. The molecule has 186 valence electrons. The quantitative estimate of drug-likeness (QED) is 0.519. The van der Waals surface area contributed by atoms with Crippen molar-refractivity contribution >= 4 is 22.6 Å². The number of amides is 1. The molecule has 5 nitrogen and oxygen atoms in total. The fraction of sp³-hybridized carbons (Fsp3) is 0.458. The standard InChI is InChI=1S/C24H29F4N3O2S/c1-17(2)31(34(33)22-6-4-5-18(15-22)24(26,27)28)21-11-13-30(14-12-21)16-23(32)29(3)20-9-7-19(25)8-10-20/h4-10,15,17,21H,11-14,16H2,1-3H3. The molecule has 2 aromatic rings. The summed E-state index contributed by atoms with van der Waals surface area (Å²) in [5.74, 6) is -0.498. The van der Waals surface area contributed by atoms with Crippen molar-refractivity contribution in [3.05, 3.63) is 59.9 Å². The Morgan fingerprint density at radius 3 is 2.29 bits per heavy atom. The zero-order valence-corrected chi connectivity index (χ0v) is 20.2. The van der Waals surface area contributed by atoms with Crippen molar-refractivity contribution in [2.24, 2.45) is 0 Å². The van der Waals surface area contributed by atoms with Crippen LogP contribution in [0, 0.1) is 5.82 Å². The predicted molar refractivity (Wildman–Crippen MR) is 124 cm³/mol. The Hall–Kier alpha value is -2.30. The van der Waals surface area contributed by atoms with E-state index in [0.717, 1.165) is 12.1 Å². The van der Waals surface area contributed by atoms with Gasteiger partial charge in [0.05, 0.1) is 17.0 Å². The predicted octanol–water partition coefficient (Wildman–Crippen LogP) is 4.70. The number of carbonyl (C=O) groups is 1. The highest BCUT2D eigenvalue weighted by Gasteiger charge is 2.34. The van der Waals surface area contributed by atoms with Crippen molar-refractivity contribution in [3.63, 3.8) is 0 Å². The minimum atomic E-state index is -4.50. The average molecular weight is 500 g/mol. The molecule has 0 aliphatic carbocycles. The summed E-state index contributed by atoms with van der Waals surface area (Å²) in [5, 5.41) is 0. The molecule has 1 saturated heterocycles. The molecule has 1 fully saturated rings. The van der Waals surface area contributed by atoms with Gasteiger partial charge < -0.3 is 4.90 Å². The highest BCUT2D eigenvalue weighted by Crippen LogP contribution is 2.31. The van der Waals surface area contributed by atoms with Crippen molar-refractivity contribution in [1.29, 1.82) is 0 Å². The first kappa shape index (κ1) is 26.3. The van der Waals surface area contributed by atoms with Gasteiger partial charge in [-0.2, -0.15) is 13.2 Å². The number of anilines is 1. The molecule has 1 atom stereocenters. The first-order chi connectivity index (χ1) is 16.0. The Labute approximate surface area is 199 Å². The first-order valence-electron chi connectivity index (χ1n) is 11.1. The van der Waals surface area contributed by atoms with Gasteiger partial charge in [0.25, 0.3) is 0 Å². The van der Waals surface area contributed by atoms with Gasteiger partial charge >= 0.3 is 6.18 Å². The lowest BCUT2D eigenvalue weighted by molar-refractivity contribution is -0.137. The Bertz CT molecular complexity index is 1010. The van der Waals surface area contributed by atoms with Crippen molar-refractivity contribution in [3.8, 4) is 0 Å². The van der Waals surface area contributed by atoms with E-state index in [1.54, 1.807) is 23.5 Å². The van der Waals surface area contributed by atoms with Crippen LogP contribution in [0.5, 0.6) is 0 Å². The summed E-state index contributed by atoms with van der Waals surface area (Å²) in [6.45, 7) is 5.13. The van der Waals surface area contributed by atoms with Crippen LogP contribution in [0.25, 0.3) is 0 Å². The summed E-state index contributed by atoms with van der Waals surface area (Å²) in [6.07, 6.45) is -3.23. The van der Waals surface area contributed by atoms with Gasteiger partial charge in [0.2, 0.25) is 5.91 Å². The van der Waals surface area contributed by atoms with E-state index in [1.807, 2.05) is 18.7 Å². The molecular formula is C24H29F4N3O2S. The van der Waals surface area contributed by atoms with Crippen LogP contribution in [-0.2, 0) is 22.0 Å². The third-order valence-electron chi connectivity index (χ3n) is 5.93. The number of likely N-dealkylation sites (N-methyl/N-ethyl adjacent to an activating group) is 1. The van der Waals surface area contributed by atoms with Crippen LogP contribution in [0.15, 0.2) is 53.4 Å².